The molecule has 29 heavy (non-hydrogen) atoms. The van der Waals surface area contributed by atoms with Crippen molar-refractivity contribution in [1.82, 2.24) is 15.1 Å². The van der Waals surface area contributed by atoms with E-state index < -0.39 is 6.10 Å². The molecule has 1 saturated carbocycles. The van der Waals surface area contributed by atoms with E-state index in [2.05, 4.69) is 62.2 Å². The lowest BCUT2D eigenvalue weighted by atomic mass is 9.93. The number of benzene rings is 1. The number of rotatable bonds is 12. The van der Waals surface area contributed by atoms with Crippen molar-refractivity contribution in [3.8, 4) is 5.75 Å². The van der Waals surface area contributed by atoms with Crippen molar-refractivity contribution in [1.29, 1.82) is 0 Å². The Hall–Kier alpha value is -1.14. The second-order valence-corrected chi connectivity index (χ2v) is 9.85. The van der Waals surface area contributed by atoms with Crippen LogP contribution in [0, 0.1) is 5.41 Å². The van der Waals surface area contributed by atoms with Gasteiger partial charge in [-0.05, 0) is 57.1 Å². The maximum Gasteiger partial charge on any atom is 0.119 e. The molecule has 0 aromatic heterocycles. The Balaban J connectivity index is 1.73. The molecule has 1 aliphatic carbocycles. The second kappa shape index (κ2) is 11.9. The summed E-state index contributed by atoms with van der Waals surface area (Å²) in [6.45, 7) is 8.41. The van der Waals surface area contributed by atoms with Gasteiger partial charge in [0, 0.05) is 32.2 Å². The van der Waals surface area contributed by atoms with E-state index in [0.29, 0.717) is 19.2 Å². The molecule has 0 bridgehead atoms. The number of nitrogens with one attached hydrogen (secondary N) is 1. The van der Waals surface area contributed by atoms with Crippen molar-refractivity contribution < 1.29 is 9.84 Å². The van der Waals surface area contributed by atoms with Crippen LogP contribution in [0.1, 0.15) is 51.5 Å². The van der Waals surface area contributed by atoms with Gasteiger partial charge < -0.3 is 25.0 Å². The average Bonchev–Trinajstić information content (AvgIpc) is 2.66. The minimum Gasteiger partial charge on any atom is -0.491 e. The highest BCUT2D eigenvalue weighted by Crippen LogP contribution is 2.22. The van der Waals surface area contributed by atoms with Gasteiger partial charge in [-0.25, -0.2) is 0 Å². The van der Waals surface area contributed by atoms with Gasteiger partial charge in [-0.1, -0.05) is 45.2 Å². The first-order chi connectivity index (χ1) is 13.7. The third-order valence-electron chi connectivity index (χ3n) is 5.71. The highest BCUT2D eigenvalue weighted by atomic mass is 16.5. The first-order valence-electron chi connectivity index (χ1n) is 11.2. The minimum atomic E-state index is -0.462. The van der Waals surface area contributed by atoms with Gasteiger partial charge in [0.15, 0.2) is 0 Å². The Kier molecular flexibility index (Phi) is 9.90. The summed E-state index contributed by atoms with van der Waals surface area (Å²) in [5, 5.41) is 14.0. The van der Waals surface area contributed by atoms with E-state index in [-0.39, 0.29) is 5.41 Å². The number of aliphatic hydroxyl groups excluding tert-OH is 1. The predicted molar refractivity (Wildman–Crippen MR) is 121 cm³/mol. The summed E-state index contributed by atoms with van der Waals surface area (Å²) in [6.07, 6.45) is 6.03. The number of hydrogen-bond donors (Lipinski definition) is 2. The van der Waals surface area contributed by atoms with E-state index in [0.717, 1.165) is 25.4 Å². The maximum absolute atomic E-state index is 10.4. The van der Waals surface area contributed by atoms with Gasteiger partial charge in [0.05, 0.1) is 0 Å². The zero-order chi connectivity index (χ0) is 21.3. The fourth-order valence-electron chi connectivity index (χ4n) is 4.45. The largest absolute Gasteiger partial charge is 0.491 e. The van der Waals surface area contributed by atoms with E-state index in [4.69, 9.17) is 4.74 Å². The van der Waals surface area contributed by atoms with Crippen LogP contribution in [0.4, 0.5) is 0 Å². The van der Waals surface area contributed by atoms with Crippen molar-refractivity contribution in [3.63, 3.8) is 0 Å². The molecule has 5 heteroatoms. The topological polar surface area (TPSA) is 48.0 Å². The lowest BCUT2D eigenvalue weighted by Gasteiger charge is -2.32. The van der Waals surface area contributed by atoms with Gasteiger partial charge in [0.2, 0.25) is 0 Å². The fraction of sp³-hybridized carbons (Fsp3) is 0.750. The quantitative estimate of drug-likeness (QED) is 0.558. The van der Waals surface area contributed by atoms with Crippen LogP contribution in [0.5, 0.6) is 5.75 Å². The first kappa shape index (κ1) is 24.1. The normalized spacial score (nSPS) is 17.1. The maximum atomic E-state index is 10.4. The number of hydrogen-bond acceptors (Lipinski definition) is 5. The van der Waals surface area contributed by atoms with Crippen molar-refractivity contribution in [3.05, 3.63) is 29.8 Å². The van der Waals surface area contributed by atoms with E-state index in [9.17, 15) is 5.11 Å². The number of ether oxygens (including phenoxy) is 1. The van der Waals surface area contributed by atoms with Crippen LogP contribution in [-0.4, -0.2) is 74.4 Å². The Morgan fingerprint density at radius 2 is 1.90 bits per heavy atom. The molecular weight excluding hydrogens is 362 g/mol. The van der Waals surface area contributed by atoms with Crippen LogP contribution in [0.15, 0.2) is 24.3 Å². The molecular formula is C24H43N3O2. The van der Waals surface area contributed by atoms with E-state index >= 15 is 0 Å². The van der Waals surface area contributed by atoms with Crippen molar-refractivity contribution in [2.75, 3.05) is 47.4 Å². The smallest absolute Gasteiger partial charge is 0.119 e. The highest BCUT2D eigenvalue weighted by Gasteiger charge is 2.20. The molecule has 0 saturated heterocycles. The lowest BCUT2D eigenvalue weighted by molar-refractivity contribution is 0.0561. The molecule has 0 aliphatic heterocycles. The third kappa shape index (κ3) is 9.47. The molecule has 1 fully saturated rings. The van der Waals surface area contributed by atoms with Gasteiger partial charge >= 0.3 is 0 Å². The summed E-state index contributed by atoms with van der Waals surface area (Å²) in [6, 6.07) is 8.80. The number of aliphatic hydroxyl groups is 1. The lowest BCUT2D eigenvalue weighted by Crippen LogP contribution is -2.40. The standard InChI is InChI=1S/C24H43N3O2/c1-24(2,19-26(3)4)18-25-15-20-10-9-13-23(14-20)29-17-22(28)16-27(5)21-11-7-6-8-12-21/h9-10,13-14,21-22,25,28H,6-8,11-12,15-19H2,1-5H3. The molecule has 2 rings (SSSR count). The van der Waals surface area contributed by atoms with Crippen molar-refractivity contribution in [2.45, 2.75) is 64.6 Å². The average molecular weight is 406 g/mol. The summed E-state index contributed by atoms with van der Waals surface area (Å²) in [5.41, 5.74) is 1.43. The Bertz CT molecular complexity index is 585. The molecule has 5 nitrogen and oxygen atoms in total. The molecule has 0 amide bonds. The molecule has 166 valence electrons. The predicted octanol–water partition coefficient (Wildman–Crippen LogP) is 3.37. The Morgan fingerprint density at radius 3 is 2.59 bits per heavy atom. The van der Waals surface area contributed by atoms with Crippen LogP contribution in [-0.2, 0) is 6.54 Å². The summed E-state index contributed by atoms with van der Waals surface area (Å²) >= 11 is 0. The fourth-order valence-corrected chi connectivity index (χ4v) is 4.45. The summed E-state index contributed by atoms with van der Waals surface area (Å²) in [7, 11) is 6.36. The van der Waals surface area contributed by atoms with Crippen LogP contribution in [0.25, 0.3) is 0 Å². The Morgan fingerprint density at radius 1 is 1.17 bits per heavy atom. The van der Waals surface area contributed by atoms with Gasteiger partial charge in [-0.15, -0.1) is 0 Å². The number of nitrogens with zero attached hydrogens (tertiary/aromatic N) is 2. The second-order valence-electron chi connectivity index (χ2n) is 9.85. The monoisotopic (exact) mass is 405 g/mol. The Labute approximate surface area is 178 Å². The van der Waals surface area contributed by atoms with Crippen molar-refractivity contribution >= 4 is 0 Å². The van der Waals surface area contributed by atoms with Gasteiger partial charge in [-0.2, -0.15) is 0 Å². The SMILES string of the molecule is CN(C)CC(C)(C)CNCc1cccc(OCC(O)CN(C)C2CCCCC2)c1. The van der Waals surface area contributed by atoms with Crippen LogP contribution in [0.2, 0.25) is 0 Å². The van der Waals surface area contributed by atoms with Crippen molar-refractivity contribution in [2.24, 2.45) is 5.41 Å². The summed E-state index contributed by atoms with van der Waals surface area (Å²) in [5.74, 6) is 0.830. The van der Waals surface area contributed by atoms with Crippen LogP contribution < -0.4 is 10.1 Å². The minimum absolute atomic E-state index is 0.228. The van der Waals surface area contributed by atoms with Gasteiger partial charge in [0.25, 0.3) is 0 Å². The molecule has 2 N–H and O–H groups in total. The van der Waals surface area contributed by atoms with E-state index in [1.165, 1.54) is 37.7 Å². The number of likely N-dealkylation sites (N-methyl/N-ethyl adjacent to an activating group) is 1. The molecule has 0 radical (unpaired) electrons. The van der Waals surface area contributed by atoms with Gasteiger partial charge in [-0.3, -0.25) is 0 Å². The molecule has 1 aliphatic rings. The summed E-state index contributed by atoms with van der Waals surface area (Å²) < 4.78 is 5.89. The van der Waals surface area contributed by atoms with E-state index in [1.54, 1.807) is 0 Å². The summed E-state index contributed by atoms with van der Waals surface area (Å²) in [4.78, 5) is 4.54. The molecule has 1 aromatic carbocycles. The van der Waals surface area contributed by atoms with Crippen LogP contribution in [0.3, 0.4) is 0 Å². The molecule has 1 aromatic rings. The van der Waals surface area contributed by atoms with Gasteiger partial charge in [0.1, 0.15) is 18.5 Å². The third-order valence-corrected chi connectivity index (χ3v) is 5.71. The van der Waals surface area contributed by atoms with Crippen LogP contribution >= 0.6 is 0 Å². The molecule has 1 unspecified atom stereocenters. The first-order valence-corrected chi connectivity index (χ1v) is 11.2. The zero-order valence-corrected chi connectivity index (χ0v) is 19.3. The zero-order valence-electron chi connectivity index (χ0n) is 19.3. The van der Waals surface area contributed by atoms with E-state index in [1.807, 2.05) is 12.1 Å². The molecule has 1 atom stereocenters. The molecule has 0 heterocycles. The molecule has 0 spiro atoms. The highest BCUT2D eigenvalue weighted by molar-refractivity contribution is 5.28.